The molecule has 0 aliphatic heterocycles. The molecule has 178 valence electrons. The van der Waals surface area contributed by atoms with Crippen LogP contribution in [-0.2, 0) is 24.4 Å². The average molecular weight is 478 g/mol. The third-order valence-corrected chi connectivity index (χ3v) is 5.89. The van der Waals surface area contributed by atoms with Crippen molar-refractivity contribution in [3.63, 3.8) is 0 Å². The van der Waals surface area contributed by atoms with Crippen LogP contribution in [0.15, 0.2) is 59.6 Å². The topological polar surface area (TPSA) is 167 Å². The van der Waals surface area contributed by atoms with Crippen molar-refractivity contribution in [1.82, 2.24) is 20.3 Å². The summed E-state index contributed by atoms with van der Waals surface area (Å²) in [7, 11) is -4.07. The summed E-state index contributed by atoms with van der Waals surface area (Å²) < 4.78 is 26.6. The SMILES string of the molecule is O=C(CCCCNc1ccccn1)NCC(=O)NC[C@@H](NS(=O)(=O)c1ccccc1)C(=O)O. The van der Waals surface area contributed by atoms with Gasteiger partial charge in [0.1, 0.15) is 11.9 Å². The van der Waals surface area contributed by atoms with E-state index in [0.717, 1.165) is 12.2 Å². The number of nitrogens with one attached hydrogen (secondary N) is 4. The van der Waals surface area contributed by atoms with Crippen molar-refractivity contribution in [2.24, 2.45) is 0 Å². The summed E-state index contributed by atoms with van der Waals surface area (Å²) in [6.07, 6.45) is 3.25. The number of hydrogen-bond donors (Lipinski definition) is 5. The van der Waals surface area contributed by atoms with Gasteiger partial charge in [-0.1, -0.05) is 24.3 Å². The van der Waals surface area contributed by atoms with Gasteiger partial charge in [-0.3, -0.25) is 14.4 Å². The third kappa shape index (κ3) is 9.66. The largest absolute Gasteiger partial charge is 0.480 e. The molecule has 0 bridgehead atoms. The molecule has 0 saturated carbocycles. The van der Waals surface area contributed by atoms with Gasteiger partial charge < -0.3 is 21.1 Å². The number of sulfonamides is 1. The highest BCUT2D eigenvalue weighted by Gasteiger charge is 2.25. The van der Waals surface area contributed by atoms with Crippen molar-refractivity contribution >= 4 is 33.6 Å². The molecule has 0 aliphatic rings. The van der Waals surface area contributed by atoms with Gasteiger partial charge in [0.2, 0.25) is 21.8 Å². The van der Waals surface area contributed by atoms with E-state index in [4.69, 9.17) is 0 Å². The summed E-state index contributed by atoms with van der Waals surface area (Å²) in [5.74, 6) is -1.64. The molecule has 1 aromatic carbocycles. The smallest absolute Gasteiger partial charge is 0.323 e. The van der Waals surface area contributed by atoms with Crippen LogP contribution in [0.25, 0.3) is 0 Å². The number of anilines is 1. The van der Waals surface area contributed by atoms with Crippen molar-refractivity contribution in [1.29, 1.82) is 0 Å². The predicted octanol–water partition coefficient (Wildman–Crippen LogP) is 0.328. The fraction of sp³-hybridized carbons (Fsp3) is 0.333. The van der Waals surface area contributed by atoms with E-state index in [1.807, 2.05) is 22.9 Å². The van der Waals surface area contributed by atoms with Crippen LogP contribution in [0.5, 0.6) is 0 Å². The quantitative estimate of drug-likeness (QED) is 0.243. The zero-order chi connectivity index (χ0) is 24.1. The molecule has 1 atom stereocenters. The molecule has 1 heterocycles. The van der Waals surface area contributed by atoms with Gasteiger partial charge in [-0.25, -0.2) is 13.4 Å². The fourth-order valence-electron chi connectivity index (χ4n) is 2.67. The Balaban J connectivity index is 1.66. The lowest BCUT2D eigenvalue weighted by atomic mass is 10.2. The first-order valence-corrected chi connectivity index (χ1v) is 11.7. The Labute approximate surface area is 192 Å². The zero-order valence-corrected chi connectivity index (χ0v) is 18.7. The lowest BCUT2D eigenvalue weighted by Crippen LogP contribution is -2.49. The Morgan fingerprint density at radius 3 is 2.33 bits per heavy atom. The summed E-state index contributed by atoms with van der Waals surface area (Å²) in [5.41, 5.74) is 0. The summed E-state index contributed by atoms with van der Waals surface area (Å²) in [5, 5.41) is 17.2. The van der Waals surface area contributed by atoms with Gasteiger partial charge in [0.05, 0.1) is 11.4 Å². The summed E-state index contributed by atoms with van der Waals surface area (Å²) >= 11 is 0. The Hall–Kier alpha value is -3.51. The van der Waals surface area contributed by atoms with Crippen LogP contribution in [0.4, 0.5) is 5.82 Å². The molecule has 12 heteroatoms. The van der Waals surface area contributed by atoms with E-state index in [9.17, 15) is 27.9 Å². The van der Waals surface area contributed by atoms with E-state index in [1.165, 1.54) is 24.3 Å². The minimum atomic E-state index is -4.07. The molecule has 1 aromatic heterocycles. The number of carbonyl (C=O) groups excluding carboxylic acids is 2. The molecule has 0 fully saturated rings. The maximum absolute atomic E-state index is 12.3. The van der Waals surface area contributed by atoms with Crippen molar-refractivity contribution < 1.29 is 27.9 Å². The molecule has 2 amide bonds. The molecule has 0 radical (unpaired) electrons. The van der Waals surface area contributed by atoms with E-state index in [2.05, 4.69) is 20.9 Å². The number of hydrogen-bond acceptors (Lipinski definition) is 7. The molecule has 0 unspecified atom stereocenters. The minimum absolute atomic E-state index is 0.0925. The van der Waals surface area contributed by atoms with Crippen LogP contribution in [-0.4, -0.2) is 62.0 Å². The number of amides is 2. The number of pyridine rings is 1. The van der Waals surface area contributed by atoms with Crippen LogP contribution in [0.2, 0.25) is 0 Å². The number of aromatic nitrogens is 1. The third-order valence-electron chi connectivity index (χ3n) is 4.40. The first-order valence-electron chi connectivity index (χ1n) is 10.3. The van der Waals surface area contributed by atoms with Crippen molar-refractivity contribution in [3.05, 3.63) is 54.7 Å². The van der Waals surface area contributed by atoms with Gasteiger partial charge in [0.15, 0.2) is 0 Å². The van der Waals surface area contributed by atoms with Crippen LogP contribution in [0, 0.1) is 0 Å². The highest BCUT2D eigenvalue weighted by atomic mass is 32.2. The van der Waals surface area contributed by atoms with E-state index in [0.29, 0.717) is 13.0 Å². The normalized spacial score (nSPS) is 11.9. The summed E-state index contributed by atoms with van der Waals surface area (Å²) in [6.45, 7) is -0.168. The average Bonchev–Trinajstić information content (AvgIpc) is 2.81. The molecule has 2 rings (SSSR count). The number of aliphatic carboxylic acids is 1. The monoisotopic (exact) mass is 477 g/mol. The summed E-state index contributed by atoms with van der Waals surface area (Å²) in [4.78, 5) is 39.2. The Morgan fingerprint density at radius 1 is 0.939 bits per heavy atom. The molecule has 2 aromatic rings. The molecule has 0 spiro atoms. The van der Waals surface area contributed by atoms with Crippen molar-refractivity contribution in [2.45, 2.75) is 30.2 Å². The lowest BCUT2D eigenvalue weighted by Gasteiger charge is -2.16. The lowest BCUT2D eigenvalue weighted by molar-refractivity contribution is -0.139. The molecule has 33 heavy (non-hydrogen) atoms. The second kappa shape index (κ2) is 13.1. The van der Waals surface area contributed by atoms with Crippen LogP contribution in [0.1, 0.15) is 19.3 Å². The highest BCUT2D eigenvalue weighted by molar-refractivity contribution is 7.89. The van der Waals surface area contributed by atoms with Crippen LogP contribution < -0.4 is 20.7 Å². The van der Waals surface area contributed by atoms with Gasteiger partial charge in [-0.15, -0.1) is 0 Å². The molecular weight excluding hydrogens is 450 g/mol. The maximum atomic E-state index is 12.3. The zero-order valence-electron chi connectivity index (χ0n) is 17.9. The number of carboxylic acid groups (broad SMARTS) is 1. The van der Waals surface area contributed by atoms with Crippen molar-refractivity contribution in [3.8, 4) is 0 Å². The standard InChI is InChI=1S/C21H27N5O6S/c27-19(11-5-7-13-23-18-10-4-6-12-22-18)25-15-20(28)24-14-17(21(29)30)26-33(31,32)16-8-2-1-3-9-16/h1-4,6,8-10,12,17,26H,5,7,11,13-15H2,(H,22,23)(H,24,28)(H,25,27)(H,29,30)/t17-/m1/s1. The Kier molecular flexibility index (Phi) is 10.2. The number of carboxylic acids is 1. The number of unbranched alkanes of at least 4 members (excludes halogenated alkanes) is 1. The van der Waals surface area contributed by atoms with Gasteiger partial charge in [0.25, 0.3) is 0 Å². The second-order valence-electron chi connectivity index (χ2n) is 7.00. The fourth-order valence-corrected chi connectivity index (χ4v) is 3.88. The molecule has 5 N–H and O–H groups in total. The van der Waals surface area contributed by atoms with E-state index in [1.54, 1.807) is 12.3 Å². The van der Waals surface area contributed by atoms with Crippen LogP contribution >= 0.6 is 0 Å². The second-order valence-corrected chi connectivity index (χ2v) is 8.72. The molecule has 0 saturated heterocycles. The molecular formula is C21H27N5O6S. The van der Waals surface area contributed by atoms with Crippen molar-refractivity contribution in [2.75, 3.05) is 25.0 Å². The number of nitrogens with zero attached hydrogens (tertiary/aromatic N) is 1. The first kappa shape index (κ1) is 25.7. The number of benzene rings is 1. The Morgan fingerprint density at radius 2 is 1.67 bits per heavy atom. The van der Waals surface area contributed by atoms with Gasteiger partial charge in [-0.2, -0.15) is 4.72 Å². The van der Waals surface area contributed by atoms with Gasteiger partial charge >= 0.3 is 5.97 Å². The maximum Gasteiger partial charge on any atom is 0.323 e. The van der Waals surface area contributed by atoms with Crippen LogP contribution in [0.3, 0.4) is 0 Å². The predicted molar refractivity (Wildman–Crippen MR) is 121 cm³/mol. The van der Waals surface area contributed by atoms with E-state index >= 15 is 0 Å². The first-order chi connectivity index (χ1) is 15.8. The van der Waals surface area contributed by atoms with Gasteiger partial charge in [-0.05, 0) is 37.1 Å². The Bertz CT molecular complexity index is 1020. The molecule has 0 aliphatic carbocycles. The molecule has 11 nitrogen and oxygen atoms in total. The number of carbonyl (C=O) groups is 3. The van der Waals surface area contributed by atoms with E-state index in [-0.39, 0.29) is 23.8 Å². The van der Waals surface area contributed by atoms with Gasteiger partial charge in [0, 0.05) is 25.7 Å². The summed E-state index contributed by atoms with van der Waals surface area (Å²) in [6, 6.07) is 11.2. The van der Waals surface area contributed by atoms with E-state index < -0.39 is 34.5 Å². The number of rotatable bonds is 14. The minimum Gasteiger partial charge on any atom is -0.480 e. The highest BCUT2D eigenvalue weighted by Crippen LogP contribution is 2.08.